The fraction of sp³-hybridized carbons (Fsp3) is 0.100. The zero-order valence-electron chi connectivity index (χ0n) is 8.79. The molecule has 0 aliphatic rings. The molecular weight excluding hydrogens is 247 g/mol. The molecule has 2 aromatic heterocycles. The number of hydrogen-bond donors (Lipinski definition) is 2. The molecule has 0 atom stereocenters. The van der Waals surface area contributed by atoms with Gasteiger partial charge >= 0.3 is 0 Å². The average Bonchev–Trinajstić information content (AvgIpc) is 2.67. The second-order valence-corrected chi connectivity index (χ2v) is 3.74. The first-order chi connectivity index (χ1) is 8.06. The highest BCUT2D eigenvalue weighted by atomic mass is 35.5. The quantitative estimate of drug-likeness (QED) is 0.807. The van der Waals surface area contributed by atoms with E-state index in [4.69, 9.17) is 11.6 Å². The van der Waals surface area contributed by atoms with Crippen LogP contribution in [0.3, 0.4) is 0 Å². The van der Waals surface area contributed by atoms with Crippen molar-refractivity contribution in [2.45, 2.75) is 6.92 Å². The number of nitrogens with zero attached hydrogens (tertiary/aromatic N) is 2. The summed E-state index contributed by atoms with van der Waals surface area (Å²) in [5.41, 5.74) is 0.760. The van der Waals surface area contributed by atoms with Crippen molar-refractivity contribution >= 4 is 23.3 Å². The molecule has 1 amide bonds. The van der Waals surface area contributed by atoms with E-state index in [1.165, 1.54) is 0 Å². The molecule has 7 heteroatoms. The highest BCUT2D eigenvalue weighted by Crippen LogP contribution is 2.15. The number of halogens is 2. The van der Waals surface area contributed by atoms with Crippen LogP contribution in [0.5, 0.6) is 0 Å². The van der Waals surface area contributed by atoms with Gasteiger partial charge in [0.1, 0.15) is 11.0 Å². The number of nitrogens with one attached hydrogen (secondary N) is 2. The Kier molecular flexibility index (Phi) is 3.06. The summed E-state index contributed by atoms with van der Waals surface area (Å²) in [5, 5.41) is 8.90. The predicted molar refractivity (Wildman–Crippen MR) is 60.5 cm³/mol. The largest absolute Gasteiger partial charge is 0.305 e. The van der Waals surface area contributed by atoms with Gasteiger partial charge in [0.2, 0.25) is 0 Å². The van der Waals surface area contributed by atoms with Crippen LogP contribution in [0, 0.1) is 12.7 Å². The Hall–Kier alpha value is -1.95. The van der Waals surface area contributed by atoms with E-state index in [1.807, 2.05) is 0 Å². The van der Waals surface area contributed by atoms with Gasteiger partial charge in [-0.25, -0.2) is 9.37 Å². The van der Waals surface area contributed by atoms with Crippen molar-refractivity contribution in [1.29, 1.82) is 0 Å². The first kappa shape index (κ1) is 11.5. The van der Waals surface area contributed by atoms with Gasteiger partial charge in [0.05, 0.1) is 11.8 Å². The fourth-order valence-corrected chi connectivity index (χ4v) is 1.44. The maximum Gasteiger partial charge on any atom is 0.260 e. The average molecular weight is 255 g/mol. The van der Waals surface area contributed by atoms with E-state index in [0.29, 0.717) is 5.82 Å². The summed E-state index contributed by atoms with van der Waals surface area (Å²) in [5.74, 6) is -0.848. The van der Waals surface area contributed by atoms with Crippen molar-refractivity contribution in [2.75, 3.05) is 5.32 Å². The third-order valence-corrected chi connectivity index (χ3v) is 2.30. The third kappa shape index (κ3) is 2.59. The van der Waals surface area contributed by atoms with E-state index in [0.717, 1.165) is 18.0 Å². The second kappa shape index (κ2) is 4.50. The Morgan fingerprint density at radius 1 is 1.53 bits per heavy atom. The number of H-pyrrole nitrogens is 1. The summed E-state index contributed by atoms with van der Waals surface area (Å²) in [6.45, 7) is 1.79. The zero-order valence-corrected chi connectivity index (χ0v) is 9.55. The van der Waals surface area contributed by atoms with Crippen molar-refractivity contribution in [1.82, 2.24) is 15.2 Å². The van der Waals surface area contributed by atoms with Crippen LogP contribution in [0.1, 0.15) is 16.1 Å². The molecule has 0 aliphatic carbocycles. The van der Waals surface area contributed by atoms with Crippen LogP contribution in [-0.4, -0.2) is 21.1 Å². The second-order valence-electron chi connectivity index (χ2n) is 3.38. The molecule has 0 bridgehead atoms. The number of carbonyl (C=O) groups excluding carboxylic acids is 1. The van der Waals surface area contributed by atoms with Crippen LogP contribution in [0.15, 0.2) is 18.3 Å². The molecule has 0 aromatic carbocycles. The maximum atomic E-state index is 12.9. The van der Waals surface area contributed by atoms with E-state index in [9.17, 15) is 9.18 Å². The standard InChI is InChI=1S/C10H8ClFN4O/c1-5-2-8(16-15-5)14-10(17)7-3-6(12)4-13-9(7)11/h2-4H,1H3,(H2,14,15,16,17). The van der Waals surface area contributed by atoms with Gasteiger partial charge in [-0.1, -0.05) is 11.6 Å². The normalized spacial score (nSPS) is 10.3. The van der Waals surface area contributed by atoms with E-state index >= 15 is 0 Å². The molecule has 2 N–H and O–H groups in total. The van der Waals surface area contributed by atoms with Crippen molar-refractivity contribution in [3.63, 3.8) is 0 Å². The molecule has 5 nitrogen and oxygen atoms in total. The van der Waals surface area contributed by atoms with Crippen LogP contribution in [-0.2, 0) is 0 Å². The van der Waals surface area contributed by atoms with Crippen LogP contribution in [0.25, 0.3) is 0 Å². The molecule has 0 saturated heterocycles. The zero-order chi connectivity index (χ0) is 12.4. The summed E-state index contributed by atoms with van der Waals surface area (Å²) in [7, 11) is 0. The number of anilines is 1. The molecule has 88 valence electrons. The van der Waals surface area contributed by atoms with Crippen LogP contribution in [0.2, 0.25) is 5.15 Å². The van der Waals surface area contributed by atoms with Gasteiger partial charge in [0.25, 0.3) is 5.91 Å². The Morgan fingerprint density at radius 3 is 2.94 bits per heavy atom. The SMILES string of the molecule is Cc1cc(NC(=O)c2cc(F)cnc2Cl)n[nH]1. The van der Waals surface area contributed by atoms with Crippen LogP contribution in [0.4, 0.5) is 10.2 Å². The lowest BCUT2D eigenvalue weighted by Crippen LogP contribution is -2.13. The fourth-order valence-electron chi connectivity index (χ4n) is 1.25. The van der Waals surface area contributed by atoms with Crippen molar-refractivity contribution in [2.24, 2.45) is 0 Å². The van der Waals surface area contributed by atoms with Crippen molar-refractivity contribution in [3.05, 3.63) is 40.6 Å². The number of rotatable bonds is 2. The van der Waals surface area contributed by atoms with Gasteiger partial charge < -0.3 is 5.32 Å². The third-order valence-electron chi connectivity index (χ3n) is 2.00. The number of aryl methyl sites for hydroxylation is 1. The molecule has 17 heavy (non-hydrogen) atoms. The molecule has 2 aromatic rings. The number of aromatic amines is 1. The molecule has 0 saturated carbocycles. The van der Waals surface area contributed by atoms with E-state index in [1.54, 1.807) is 13.0 Å². The predicted octanol–water partition coefficient (Wildman–Crippen LogP) is 2.16. The van der Waals surface area contributed by atoms with Crippen molar-refractivity contribution in [3.8, 4) is 0 Å². The van der Waals surface area contributed by atoms with Gasteiger partial charge in [0, 0.05) is 11.8 Å². The summed E-state index contributed by atoms with van der Waals surface area (Å²) in [6.07, 6.45) is 0.942. The Morgan fingerprint density at radius 2 is 2.29 bits per heavy atom. The molecule has 0 radical (unpaired) electrons. The minimum Gasteiger partial charge on any atom is -0.305 e. The van der Waals surface area contributed by atoms with Gasteiger partial charge in [-0.2, -0.15) is 5.10 Å². The smallest absolute Gasteiger partial charge is 0.260 e. The molecule has 2 heterocycles. The molecular formula is C10H8ClFN4O. The number of carbonyl (C=O) groups is 1. The molecule has 0 aliphatic heterocycles. The van der Waals surface area contributed by atoms with Gasteiger partial charge in [0.15, 0.2) is 5.82 Å². The highest BCUT2D eigenvalue weighted by molar-refractivity contribution is 6.33. The minimum absolute atomic E-state index is 0.0349. The summed E-state index contributed by atoms with van der Waals surface area (Å²) in [4.78, 5) is 15.3. The molecule has 2 rings (SSSR count). The molecule has 0 unspecified atom stereocenters. The first-order valence-corrected chi connectivity index (χ1v) is 5.08. The van der Waals surface area contributed by atoms with Gasteiger partial charge in [-0.15, -0.1) is 0 Å². The van der Waals surface area contributed by atoms with Crippen molar-refractivity contribution < 1.29 is 9.18 Å². The van der Waals surface area contributed by atoms with E-state index in [-0.39, 0.29) is 10.7 Å². The Labute approximate surface area is 101 Å². The molecule has 0 fully saturated rings. The van der Waals surface area contributed by atoms with E-state index < -0.39 is 11.7 Å². The number of pyridine rings is 1. The van der Waals surface area contributed by atoms with Crippen LogP contribution >= 0.6 is 11.6 Å². The number of hydrogen-bond acceptors (Lipinski definition) is 3. The number of amides is 1. The highest BCUT2D eigenvalue weighted by Gasteiger charge is 2.13. The lowest BCUT2D eigenvalue weighted by Gasteiger charge is -2.03. The minimum atomic E-state index is -0.627. The maximum absolute atomic E-state index is 12.9. The van der Waals surface area contributed by atoms with E-state index in [2.05, 4.69) is 20.5 Å². The van der Waals surface area contributed by atoms with Gasteiger partial charge in [-0.05, 0) is 13.0 Å². The summed E-state index contributed by atoms with van der Waals surface area (Å²) >= 11 is 5.70. The lowest BCUT2D eigenvalue weighted by atomic mass is 10.2. The summed E-state index contributed by atoms with van der Waals surface area (Å²) < 4.78 is 12.9. The molecule has 0 spiro atoms. The summed E-state index contributed by atoms with van der Waals surface area (Å²) in [6, 6.07) is 2.66. The monoisotopic (exact) mass is 254 g/mol. The number of aromatic nitrogens is 3. The lowest BCUT2D eigenvalue weighted by molar-refractivity contribution is 0.102. The van der Waals surface area contributed by atoms with Crippen LogP contribution < -0.4 is 5.32 Å². The first-order valence-electron chi connectivity index (χ1n) is 4.70. The topological polar surface area (TPSA) is 70.7 Å². The Balaban J connectivity index is 2.22. The van der Waals surface area contributed by atoms with Gasteiger partial charge in [-0.3, -0.25) is 9.89 Å². The Bertz CT molecular complexity index is 569.